The smallest absolute Gasteiger partial charge is 0.254 e. The Morgan fingerprint density at radius 2 is 1.62 bits per heavy atom. The van der Waals surface area contributed by atoms with Gasteiger partial charge >= 0.3 is 0 Å². The molecule has 0 unspecified atom stereocenters. The summed E-state index contributed by atoms with van der Waals surface area (Å²) in [5, 5.41) is 17.4. The first-order chi connectivity index (χ1) is 20.1. The molecule has 0 spiro atoms. The van der Waals surface area contributed by atoms with Crippen molar-refractivity contribution in [3.8, 4) is 0 Å². The van der Waals surface area contributed by atoms with Gasteiger partial charge in [-0.25, -0.2) is 0 Å². The second-order valence-corrected chi connectivity index (χ2v) is 12.8. The summed E-state index contributed by atoms with van der Waals surface area (Å²) in [6.07, 6.45) is 0.448. The Balaban J connectivity index is 1.53. The van der Waals surface area contributed by atoms with Gasteiger partial charge < -0.3 is 20.6 Å². The van der Waals surface area contributed by atoms with Crippen LogP contribution >= 0.6 is 11.8 Å². The molecule has 3 aromatic carbocycles. The second kappa shape index (κ2) is 13.9. The maximum Gasteiger partial charge on any atom is 0.254 e. The van der Waals surface area contributed by atoms with Crippen LogP contribution in [0.25, 0.3) is 6.08 Å². The third-order valence-corrected chi connectivity index (χ3v) is 8.96. The lowest BCUT2D eigenvalue weighted by atomic mass is 9.96. The normalized spacial score (nSPS) is 17.8. The van der Waals surface area contributed by atoms with E-state index < -0.39 is 28.8 Å². The highest BCUT2D eigenvalue weighted by Gasteiger charge is 2.49. The van der Waals surface area contributed by atoms with Crippen LogP contribution in [0.3, 0.4) is 0 Å². The van der Waals surface area contributed by atoms with Crippen LogP contribution in [0.1, 0.15) is 43.0 Å². The molecule has 7 nitrogen and oxygen atoms in total. The molecule has 1 saturated heterocycles. The molecule has 1 heterocycles. The highest BCUT2D eigenvalue weighted by Crippen LogP contribution is 2.40. The van der Waals surface area contributed by atoms with E-state index in [4.69, 9.17) is 0 Å². The van der Waals surface area contributed by atoms with Crippen molar-refractivity contribution in [3.63, 3.8) is 0 Å². The first kappa shape index (κ1) is 31.1. The van der Waals surface area contributed by atoms with E-state index >= 15 is 0 Å². The summed E-state index contributed by atoms with van der Waals surface area (Å²) >= 11 is 1.49. The molecule has 3 N–H and O–H groups in total. The molecule has 1 fully saturated rings. The molecule has 1 aliphatic rings. The maximum absolute atomic E-state index is 13.9. The van der Waals surface area contributed by atoms with Gasteiger partial charge in [-0.1, -0.05) is 84.9 Å². The van der Waals surface area contributed by atoms with Crippen LogP contribution in [0.15, 0.2) is 90.5 Å². The van der Waals surface area contributed by atoms with Gasteiger partial charge in [0.2, 0.25) is 11.8 Å². The summed E-state index contributed by atoms with van der Waals surface area (Å²) in [7, 11) is 0. The summed E-state index contributed by atoms with van der Waals surface area (Å²) in [6, 6.07) is 25.0. The van der Waals surface area contributed by atoms with Gasteiger partial charge in [-0.05, 0) is 62.4 Å². The van der Waals surface area contributed by atoms with Crippen molar-refractivity contribution >= 4 is 35.6 Å². The number of thioether (sulfide) groups is 1. The number of benzene rings is 3. The molecule has 0 radical (unpaired) electrons. The number of aryl methyl sites for hydroxylation is 1. The van der Waals surface area contributed by atoms with Crippen molar-refractivity contribution in [2.24, 2.45) is 0 Å². The van der Waals surface area contributed by atoms with Crippen LogP contribution in [0.2, 0.25) is 0 Å². The largest absolute Gasteiger partial charge is 0.381 e. The molecule has 1 aliphatic heterocycles. The number of aliphatic hydroxyl groups excluding tert-OH is 1. The lowest BCUT2D eigenvalue weighted by Crippen LogP contribution is -2.58. The number of nitrogens with one attached hydrogen (secondary N) is 2. The number of aliphatic hydroxyl groups is 1. The number of hydrogen-bond donors (Lipinski definition) is 3. The standard InChI is InChI=1S/C34H39N3O4S/c1-23-13-11-12-18-27(23)21-35-32(40)30-34(3,4)42-22-37(30)33(41)29(38)28(20-26-16-9-6-10-17-26)36-31(39)24(2)19-25-14-7-5-8-15-25/h5-19,28-30,38H,20-22H2,1-4H3,(H,35,40)(H,36,39)/t28-,29-,30+/m0/s1. The van der Waals surface area contributed by atoms with Crippen molar-refractivity contribution in [3.05, 3.63) is 113 Å². The molecule has 220 valence electrons. The molecule has 0 saturated carbocycles. The van der Waals surface area contributed by atoms with Gasteiger partial charge in [0.1, 0.15) is 6.04 Å². The zero-order valence-corrected chi connectivity index (χ0v) is 25.4. The van der Waals surface area contributed by atoms with Gasteiger partial charge in [-0.2, -0.15) is 0 Å². The highest BCUT2D eigenvalue weighted by atomic mass is 32.2. The third kappa shape index (κ3) is 7.69. The molecular formula is C34H39N3O4S. The zero-order valence-electron chi connectivity index (χ0n) is 24.5. The van der Waals surface area contributed by atoms with Crippen LogP contribution in [0, 0.1) is 6.92 Å². The summed E-state index contributed by atoms with van der Waals surface area (Å²) < 4.78 is -0.571. The molecule has 0 bridgehead atoms. The summed E-state index contributed by atoms with van der Waals surface area (Å²) in [5.41, 5.74) is 4.25. The predicted molar refractivity (Wildman–Crippen MR) is 168 cm³/mol. The first-order valence-electron chi connectivity index (χ1n) is 14.1. The average Bonchev–Trinajstić information content (AvgIpc) is 3.31. The molecule has 0 aromatic heterocycles. The molecule has 0 aliphatic carbocycles. The summed E-state index contributed by atoms with van der Waals surface area (Å²) in [6.45, 7) is 7.88. The zero-order chi connectivity index (χ0) is 30.3. The fourth-order valence-corrected chi connectivity index (χ4v) is 6.24. The predicted octanol–water partition coefficient (Wildman–Crippen LogP) is 4.48. The monoisotopic (exact) mass is 585 g/mol. The van der Waals surface area contributed by atoms with Gasteiger partial charge in [-0.15, -0.1) is 11.8 Å². The van der Waals surface area contributed by atoms with Crippen molar-refractivity contribution in [2.45, 2.75) is 63.6 Å². The van der Waals surface area contributed by atoms with E-state index in [1.54, 1.807) is 13.0 Å². The number of carbonyl (C=O) groups is 3. The van der Waals surface area contributed by atoms with Gasteiger partial charge in [0.15, 0.2) is 6.10 Å². The minimum atomic E-state index is -1.56. The fraction of sp³-hybridized carbons (Fsp3) is 0.324. The Morgan fingerprint density at radius 1 is 1.00 bits per heavy atom. The van der Waals surface area contributed by atoms with Gasteiger partial charge in [0, 0.05) is 16.9 Å². The highest BCUT2D eigenvalue weighted by molar-refractivity contribution is 8.00. The van der Waals surface area contributed by atoms with Crippen molar-refractivity contribution in [1.29, 1.82) is 0 Å². The molecular weight excluding hydrogens is 546 g/mol. The maximum atomic E-state index is 13.9. The quantitative estimate of drug-likeness (QED) is 0.305. The molecule has 3 atom stereocenters. The number of amides is 3. The van der Waals surface area contributed by atoms with E-state index in [1.807, 2.05) is 106 Å². The summed E-state index contributed by atoms with van der Waals surface area (Å²) in [4.78, 5) is 42.1. The number of hydrogen-bond acceptors (Lipinski definition) is 5. The van der Waals surface area contributed by atoms with E-state index in [0.29, 0.717) is 12.1 Å². The minimum absolute atomic E-state index is 0.243. The van der Waals surface area contributed by atoms with E-state index in [1.165, 1.54) is 16.7 Å². The Labute approximate surface area is 252 Å². The van der Waals surface area contributed by atoms with Crippen LogP contribution in [-0.2, 0) is 27.3 Å². The Kier molecular flexibility index (Phi) is 10.2. The molecule has 4 rings (SSSR count). The Hall–Kier alpha value is -3.88. The van der Waals surface area contributed by atoms with Gasteiger partial charge in [0.25, 0.3) is 5.91 Å². The lowest BCUT2D eigenvalue weighted by Gasteiger charge is -2.33. The third-order valence-electron chi connectivity index (χ3n) is 7.58. The van der Waals surface area contributed by atoms with Crippen LogP contribution in [0.4, 0.5) is 0 Å². The SMILES string of the molecule is CC(=Cc1ccccc1)C(=O)N[C@@H](Cc1ccccc1)[C@H](O)C(=O)N1CSC(C)(C)[C@H]1C(=O)NCc1ccccc1C. The molecule has 3 amide bonds. The van der Waals surface area contributed by atoms with Crippen LogP contribution in [0.5, 0.6) is 0 Å². The molecule has 3 aromatic rings. The van der Waals surface area contributed by atoms with Gasteiger partial charge in [-0.3, -0.25) is 14.4 Å². The van der Waals surface area contributed by atoms with E-state index in [2.05, 4.69) is 10.6 Å². The van der Waals surface area contributed by atoms with Crippen LogP contribution in [-0.4, -0.2) is 56.5 Å². The Morgan fingerprint density at radius 3 is 2.29 bits per heavy atom. The van der Waals surface area contributed by atoms with Crippen molar-refractivity contribution < 1.29 is 19.5 Å². The lowest BCUT2D eigenvalue weighted by molar-refractivity contribution is -0.147. The number of carbonyl (C=O) groups excluding carboxylic acids is 3. The van der Waals surface area contributed by atoms with Crippen molar-refractivity contribution in [1.82, 2.24) is 15.5 Å². The fourth-order valence-electron chi connectivity index (χ4n) is 5.10. The number of rotatable bonds is 10. The average molecular weight is 586 g/mol. The molecule has 8 heteroatoms. The molecule has 42 heavy (non-hydrogen) atoms. The van der Waals surface area contributed by atoms with Crippen LogP contribution < -0.4 is 10.6 Å². The van der Waals surface area contributed by atoms with E-state index in [9.17, 15) is 19.5 Å². The van der Waals surface area contributed by atoms with Crippen molar-refractivity contribution in [2.75, 3.05) is 5.88 Å². The Bertz CT molecular complexity index is 1420. The van der Waals surface area contributed by atoms with E-state index in [0.717, 1.165) is 22.3 Å². The topological polar surface area (TPSA) is 98.7 Å². The van der Waals surface area contributed by atoms with Gasteiger partial charge in [0.05, 0.1) is 11.9 Å². The second-order valence-electron chi connectivity index (χ2n) is 11.2. The summed E-state index contributed by atoms with van der Waals surface area (Å²) in [5.74, 6) is -0.992. The minimum Gasteiger partial charge on any atom is -0.381 e. The number of nitrogens with zero attached hydrogens (tertiary/aromatic N) is 1. The first-order valence-corrected chi connectivity index (χ1v) is 15.1. The van der Waals surface area contributed by atoms with E-state index in [-0.39, 0.29) is 24.1 Å².